The van der Waals surface area contributed by atoms with Crippen molar-refractivity contribution in [1.82, 2.24) is 5.32 Å². The van der Waals surface area contributed by atoms with Gasteiger partial charge in [0.1, 0.15) is 0 Å². The number of carbonyl (C=O) groups excluding carboxylic acids is 2. The Labute approximate surface area is 150 Å². The monoisotopic (exact) mass is 350 g/mol. The Morgan fingerprint density at radius 3 is 2.20 bits per heavy atom. The van der Waals surface area contributed by atoms with Gasteiger partial charge in [0.25, 0.3) is 11.8 Å². The summed E-state index contributed by atoms with van der Waals surface area (Å²) in [7, 11) is 1.58. The highest BCUT2D eigenvalue weighted by Gasteiger charge is 2.15. The second-order valence-corrected chi connectivity index (χ2v) is 6.56. The molecule has 0 radical (unpaired) electrons. The number of rotatable bonds is 4. The van der Waals surface area contributed by atoms with E-state index in [-0.39, 0.29) is 11.8 Å². The van der Waals surface area contributed by atoms with E-state index in [0.29, 0.717) is 16.1 Å². The SMILES string of the molecule is CNC(=O)c1ccc(NC(=O)c2sccc2-c2ccc(C)cc2)cc1. The first-order chi connectivity index (χ1) is 12.1. The minimum atomic E-state index is -0.155. The predicted molar refractivity (Wildman–Crippen MR) is 102 cm³/mol. The molecular formula is C20H18N2O2S. The van der Waals surface area contributed by atoms with Crippen molar-refractivity contribution >= 4 is 28.8 Å². The molecule has 3 aromatic rings. The predicted octanol–water partition coefficient (Wildman–Crippen LogP) is 4.34. The van der Waals surface area contributed by atoms with Gasteiger partial charge in [-0.15, -0.1) is 11.3 Å². The van der Waals surface area contributed by atoms with E-state index in [0.717, 1.165) is 11.1 Å². The number of benzene rings is 2. The minimum Gasteiger partial charge on any atom is -0.355 e. The molecule has 0 atom stereocenters. The number of amides is 2. The van der Waals surface area contributed by atoms with Gasteiger partial charge in [0.05, 0.1) is 4.88 Å². The molecule has 1 heterocycles. The first-order valence-corrected chi connectivity index (χ1v) is 8.74. The van der Waals surface area contributed by atoms with E-state index in [1.54, 1.807) is 31.3 Å². The molecule has 2 aromatic carbocycles. The maximum atomic E-state index is 12.6. The fraction of sp³-hybridized carbons (Fsp3) is 0.100. The topological polar surface area (TPSA) is 58.2 Å². The van der Waals surface area contributed by atoms with Crippen molar-refractivity contribution in [2.45, 2.75) is 6.92 Å². The van der Waals surface area contributed by atoms with E-state index in [9.17, 15) is 9.59 Å². The van der Waals surface area contributed by atoms with E-state index in [2.05, 4.69) is 10.6 Å². The fourth-order valence-corrected chi connectivity index (χ4v) is 3.29. The summed E-state index contributed by atoms with van der Waals surface area (Å²) >= 11 is 1.41. The van der Waals surface area contributed by atoms with E-state index < -0.39 is 0 Å². The standard InChI is InChI=1S/C20H18N2O2S/c1-13-3-5-14(6-4-13)17-11-12-25-18(17)20(24)22-16-9-7-15(8-10-16)19(23)21-2/h3-12H,1-2H3,(H,21,23)(H,22,24). The zero-order valence-electron chi connectivity index (χ0n) is 14.0. The van der Waals surface area contributed by atoms with Crippen molar-refractivity contribution < 1.29 is 9.59 Å². The molecular weight excluding hydrogens is 332 g/mol. The lowest BCUT2D eigenvalue weighted by atomic mass is 10.0. The van der Waals surface area contributed by atoms with Gasteiger partial charge in [-0.25, -0.2) is 0 Å². The molecule has 4 nitrogen and oxygen atoms in total. The summed E-state index contributed by atoms with van der Waals surface area (Å²) in [6.45, 7) is 2.04. The lowest BCUT2D eigenvalue weighted by molar-refractivity contribution is 0.0962. The molecule has 3 rings (SSSR count). The minimum absolute atomic E-state index is 0.154. The molecule has 2 amide bonds. The third-order valence-electron chi connectivity index (χ3n) is 3.87. The third-order valence-corrected chi connectivity index (χ3v) is 4.78. The maximum Gasteiger partial charge on any atom is 0.266 e. The van der Waals surface area contributed by atoms with Gasteiger partial charge in [0, 0.05) is 23.9 Å². The van der Waals surface area contributed by atoms with Crippen LogP contribution in [0.25, 0.3) is 11.1 Å². The molecule has 0 saturated carbocycles. The maximum absolute atomic E-state index is 12.6. The summed E-state index contributed by atoms with van der Waals surface area (Å²) in [6, 6.07) is 16.9. The summed E-state index contributed by atoms with van der Waals surface area (Å²) in [5.41, 5.74) is 4.33. The molecule has 2 N–H and O–H groups in total. The Morgan fingerprint density at radius 2 is 1.56 bits per heavy atom. The van der Waals surface area contributed by atoms with Crippen LogP contribution in [0.15, 0.2) is 60.0 Å². The van der Waals surface area contributed by atoms with Crippen LogP contribution in [0.5, 0.6) is 0 Å². The molecule has 0 aliphatic carbocycles. The van der Waals surface area contributed by atoms with Crippen molar-refractivity contribution in [3.8, 4) is 11.1 Å². The second kappa shape index (κ2) is 7.32. The molecule has 1 aromatic heterocycles. The summed E-state index contributed by atoms with van der Waals surface area (Å²) < 4.78 is 0. The van der Waals surface area contributed by atoms with E-state index in [1.165, 1.54) is 16.9 Å². The molecule has 0 aliphatic rings. The van der Waals surface area contributed by atoms with Crippen LogP contribution in [-0.2, 0) is 0 Å². The first-order valence-electron chi connectivity index (χ1n) is 7.86. The van der Waals surface area contributed by atoms with Crippen molar-refractivity contribution in [2.75, 3.05) is 12.4 Å². The van der Waals surface area contributed by atoms with Crippen LogP contribution in [0.3, 0.4) is 0 Å². The van der Waals surface area contributed by atoms with Crippen LogP contribution in [0.4, 0.5) is 5.69 Å². The quantitative estimate of drug-likeness (QED) is 0.735. The molecule has 0 saturated heterocycles. The van der Waals surface area contributed by atoms with Gasteiger partial charge in [-0.3, -0.25) is 9.59 Å². The average molecular weight is 350 g/mol. The van der Waals surface area contributed by atoms with Gasteiger partial charge < -0.3 is 10.6 Å². The molecule has 0 fully saturated rings. The Hall–Kier alpha value is -2.92. The van der Waals surface area contributed by atoms with E-state index in [4.69, 9.17) is 0 Å². The average Bonchev–Trinajstić information content (AvgIpc) is 3.12. The third kappa shape index (κ3) is 3.78. The van der Waals surface area contributed by atoms with Gasteiger partial charge in [-0.1, -0.05) is 29.8 Å². The number of hydrogen-bond donors (Lipinski definition) is 2. The van der Waals surface area contributed by atoms with Crippen molar-refractivity contribution in [1.29, 1.82) is 0 Å². The number of thiophene rings is 1. The highest BCUT2D eigenvalue weighted by atomic mass is 32.1. The van der Waals surface area contributed by atoms with Gasteiger partial charge >= 0.3 is 0 Å². The number of hydrogen-bond acceptors (Lipinski definition) is 3. The van der Waals surface area contributed by atoms with E-state index >= 15 is 0 Å². The molecule has 126 valence electrons. The second-order valence-electron chi connectivity index (χ2n) is 5.64. The van der Waals surface area contributed by atoms with Gasteiger partial charge in [-0.05, 0) is 48.2 Å². The van der Waals surface area contributed by atoms with Crippen molar-refractivity contribution in [3.05, 3.63) is 76.0 Å². The van der Waals surface area contributed by atoms with Crippen LogP contribution in [0.1, 0.15) is 25.6 Å². The smallest absolute Gasteiger partial charge is 0.266 e. The highest BCUT2D eigenvalue weighted by molar-refractivity contribution is 7.12. The largest absolute Gasteiger partial charge is 0.355 e. The Morgan fingerprint density at radius 1 is 0.880 bits per heavy atom. The number of carbonyl (C=O) groups is 2. The number of anilines is 1. The van der Waals surface area contributed by atoms with Crippen molar-refractivity contribution in [3.63, 3.8) is 0 Å². The molecule has 0 spiro atoms. The van der Waals surface area contributed by atoms with Gasteiger partial charge in [-0.2, -0.15) is 0 Å². The summed E-state index contributed by atoms with van der Waals surface area (Å²) in [5.74, 6) is -0.309. The fourth-order valence-electron chi connectivity index (χ4n) is 2.48. The molecule has 25 heavy (non-hydrogen) atoms. The number of nitrogens with one attached hydrogen (secondary N) is 2. The Balaban J connectivity index is 1.79. The first kappa shape index (κ1) is 16.9. The zero-order valence-corrected chi connectivity index (χ0v) is 14.8. The molecule has 0 aliphatic heterocycles. The number of aryl methyl sites for hydroxylation is 1. The van der Waals surface area contributed by atoms with Crippen LogP contribution < -0.4 is 10.6 Å². The molecule has 5 heteroatoms. The lowest BCUT2D eigenvalue weighted by Crippen LogP contribution is -2.17. The normalized spacial score (nSPS) is 10.3. The summed E-state index contributed by atoms with van der Waals surface area (Å²) in [4.78, 5) is 24.9. The zero-order chi connectivity index (χ0) is 17.8. The van der Waals surface area contributed by atoms with Gasteiger partial charge in [0.15, 0.2) is 0 Å². The van der Waals surface area contributed by atoms with Crippen LogP contribution in [0, 0.1) is 6.92 Å². The lowest BCUT2D eigenvalue weighted by Gasteiger charge is -2.07. The van der Waals surface area contributed by atoms with Crippen LogP contribution in [0.2, 0.25) is 0 Å². The summed E-state index contributed by atoms with van der Waals surface area (Å²) in [6.07, 6.45) is 0. The van der Waals surface area contributed by atoms with Crippen LogP contribution >= 0.6 is 11.3 Å². The van der Waals surface area contributed by atoms with Crippen molar-refractivity contribution in [2.24, 2.45) is 0 Å². The Kier molecular flexibility index (Phi) is 4.95. The van der Waals surface area contributed by atoms with Crippen LogP contribution in [-0.4, -0.2) is 18.9 Å². The molecule has 0 unspecified atom stereocenters. The van der Waals surface area contributed by atoms with Gasteiger partial charge in [0.2, 0.25) is 0 Å². The highest BCUT2D eigenvalue weighted by Crippen LogP contribution is 2.29. The van der Waals surface area contributed by atoms with E-state index in [1.807, 2.05) is 42.6 Å². The molecule has 0 bridgehead atoms. The Bertz CT molecular complexity index is 896. The summed E-state index contributed by atoms with van der Waals surface area (Å²) in [5, 5.41) is 7.37.